The van der Waals surface area contributed by atoms with Crippen LogP contribution in [0.4, 0.5) is 0 Å². The topological polar surface area (TPSA) is 60.0 Å². The van der Waals surface area contributed by atoms with Crippen molar-refractivity contribution in [1.82, 2.24) is 5.32 Å². The molecule has 108 valence electrons. The summed E-state index contributed by atoms with van der Waals surface area (Å²) in [7, 11) is 4.78. The molecule has 1 aromatic rings. The Bertz CT molecular complexity index is 368. The summed E-state index contributed by atoms with van der Waals surface area (Å²) in [6.45, 7) is 3.22. The first-order chi connectivity index (χ1) is 9.12. The molecule has 0 amide bonds. The highest BCUT2D eigenvalue weighted by molar-refractivity contribution is 5.53. The van der Waals surface area contributed by atoms with Crippen molar-refractivity contribution in [3.63, 3.8) is 0 Å². The molecule has 0 bridgehead atoms. The van der Waals surface area contributed by atoms with Crippen LogP contribution in [0.2, 0.25) is 0 Å². The van der Waals surface area contributed by atoms with Crippen molar-refractivity contribution in [3.05, 3.63) is 17.7 Å². The molecule has 1 rings (SSSR count). The first kappa shape index (κ1) is 15.6. The molecule has 1 unspecified atom stereocenters. The normalized spacial score (nSPS) is 12.1. The van der Waals surface area contributed by atoms with Crippen LogP contribution in [0.5, 0.6) is 17.2 Å². The molecule has 0 aliphatic carbocycles. The van der Waals surface area contributed by atoms with Gasteiger partial charge in [-0.2, -0.15) is 0 Å². The summed E-state index contributed by atoms with van der Waals surface area (Å²) in [5.74, 6) is 1.89. The molecule has 0 fully saturated rings. The van der Waals surface area contributed by atoms with Gasteiger partial charge in [0, 0.05) is 6.54 Å². The fourth-order valence-corrected chi connectivity index (χ4v) is 1.78. The third-order valence-corrected chi connectivity index (χ3v) is 2.79. The molecule has 0 heterocycles. The van der Waals surface area contributed by atoms with E-state index >= 15 is 0 Å². The van der Waals surface area contributed by atoms with Crippen LogP contribution in [-0.4, -0.2) is 39.1 Å². The summed E-state index contributed by atoms with van der Waals surface area (Å²) in [6.07, 6.45) is 0.442. The Kier molecular flexibility index (Phi) is 6.45. The van der Waals surface area contributed by atoms with Crippen LogP contribution in [-0.2, 0) is 6.54 Å². The molecule has 1 aromatic carbocycles. The molecule has 0 spiro atoms. The first-order valence-corrected chi connectivity index (χ1v) is 6.30. The molecular formula is C14H23NO4. The summed E-state index contributed by atoms with van der Waals surface area (Å²) in [6, 6.07) is 3.83. The van der Waals surface area contributed by atoms with E-state index in [9.17, 15) is 5.11 Å². The smallest absolute Gasteiger partial charge is 0.203 e. The lowest BCUT2D eigenvalue weighted by Gasteiger charge is -2.14. The second-order valence-corrected chi connectivity index (χ2v) is 4.35. The van der Waals surface area contributed by atoms with Crippen LogP contribution in [0.25, 0.3) is 0 Å². The number of methoxy groups -OCH3 is 3. The zero-order valence-electron chi connectivity index (χ0n) is 12.0. The Morgan fingerprint density at radius 2 is 1.68 bits per heavy atom. The number of ether oxygens (including phenoxy) is 3. The van der Waals surface area contributed by atoms with Gasteiger partial charge in [0.1, 0.15) is 0 Å². The number of benzene rings is 1. The fourth-order valence-electron chi connectivity index (χ4n) is 1.78. The molecule has 0 aliphatic heterocycles. The molecule has 1 atom stereocenters. The number of nitrogens with one attached hydrogen (secondary N) is 1. The standard InChI is InChI=1S/C14H23NO4/c1-10(16)5-6-15-9-11-7-12(17-2)14(19-4)13(8-11)18-3/h7-8,10,15-16H,5-6,9H2,1-4H3. The minimum atomic E-state index is -0.285. The monoisotopic (exact) mass is 269 g/mol. The van der Waals surface area contributed by atoms with E-state index in [1.807, 2.05) is 12.1 Å². The minimum absolute atomic E-state index is 0.285. The van der Waals surface area contributed by atoms with Gasteiger partial charge in [-0.1, -0.05) is 0 Å². The number of hydrogen-bond acceptors (Lipinski definition) is 5. The average Bonchev–Trinajstić information content (AvgIpc) is 2.42. The highest BCUT2D eigenvalue weighted by Crippen LogP contribution is 2.38. The second-order valence-electron chi connectivity index (χ2n) is 4.35. The molecular weight excluding hydrogens is 246 g/mol. The van der Waals surface area contributed by atoms with E-state index in [2.05, 4.69) is 5.32 Å². The number of hydrogen-bond donors (Lipinski definition) is 2. The lowest BCUT2D eigenvalue weighted by molar-refractivity contribution is 0.183. The van der Waals surface area contributed by atoms with Crippen molar-refractivity contribution >= 4 is 0 Å². The van der Waals surface area contributed by atoms with Crippen molar-refractivity contribution in [3.8, 4) is 17.2 Å². The third-order valence-electron chi connectivity index (χ3n) is 2.79. The Morgan fingerprint density at radius 1 is 1.11 bits per heavy atom. The SMILES string of the molecule is COc1cc(CNCCC(C)O)cc(OC)c1OC. The molecule has 0 aromatic heterocycles. The van der Waals surface area contributed by atoms with Gasteiger partial charge >= 0.3 is 0 Å². The van der Waals surface area contributed by atoms with Crippen LogP contribution in [0.15, 0.2) is 12.1 Å². The lowest BCUT2D eigenvalue weighted by atomic mass is 10.1. The van der Waals surface area contributed by atoms with Crippen molar-refractivity contribution in [2.75, 3.05) is 27.9 Å². The Morgan fingerprint density at radius 3 is 2.11 bits per heavy atom. The van der Waals surface area contributed by atoms with Crippen molar-refractivity contribution < 1.29 is 19.3 Å². The second kappa shape index (κ2) is 7.86. The molecule has 5 nitrogen and oxygen atoms in total. The molecule has 19 heavy (non-hydrogen) atoms. The van der Waals surface area contributed by atoms with E-state index in [0.29, 0.717) is 23.8 Å². The van der Waals surface area contributed by atoms with E-state index in [0.717, 1.165) is 18.5 Å². The van der Waals surface area contributed by atoms with Gasteiger partial charge in [-0.25, -0.2) is 0 Å². The number of aliphatic hydroxyl groups excluding tert-OH is 1. The predicted molar refractivity (Wildman–Crippen MR) is 74.1 cm³/mol. The minimum Gasteiger partial charge on any atom is -0.493 e. The molecule has 0 saturated heterocycles. The van der Waals surface area contributed by atoms with Gasteiger partial charge in [0.15, 0.2) is 11.5 Å². The molecule has 0 radical (unpaired) electrons. The van der Waals surface area contributed by atoms with Gasteiger partial charge in [-0.05, 0) is 37.6 Å². The maximum absolute atomic E-state index is 9.19. The summed E-state index contributed by atoms with van der Waals surface area (Å²) < 4.78 is 15.8. The van der Waals surface area contributed by atoms with Gasteiger partial charge in [-0.15, -0.1) is 0 Å². The van der Waals surface area contributed by atoms with E-state index in [-0.39, 0.29) is 6.10 Å². The molecule has 5 heteroatoms. The van der Waals surface area contributed by atoms with Crippen LogP contribution < -0.4 is 19.5 Å². The van der Waals surface area contributed by atoms with Crippen LogP contribution in [0, 0.1) is 0 Å². The summed E-state index contributed by atoms with van der Waals surface area (Å²) in [5, 5.41) is 12.4. The summed E-state index contributed by atoms with van der Waals surface area (Å²) in [5.41, 5.74) is 1.04. The van der Waals surface area contributed by atoms with Crippen LogP contribution >= 0.6 is 0 Å². The maximum Gasteiger partial charge on any atom is 0.203 e. The number of aliphatic hydroxyl groups is 1. The summed E-state index contributed by atoms with van der Waals surface area (Å²) in [4.78, 5) is 0. The number of rotatable bonds is 8. The van der Waals surface area contributed by atoms with E-state index < -0.39 is 0 Å². The molecule has 0 aliphatic rings. The molecule has 0 saturated carbocycles. The van der Waals surface area contributed by atoms with Crippen LogP contribution in [0.1, 0.15) is 18.9 Å². The van der Waals surface area contributed by atoms with E-state index in [1.165, 1.54) is 0 Å². The van der Waals surface area contributed by atoms with Gasteiger partial charge in [0.05, 0.1) is 27.4 Å². The molecule has 2 N–H and O–H groups in total. The largest absolute Gasteiger partial charge is 0.493 e. The fraction of sp³-hybridized carbons (Fsp3) is 0.571. The zero-order chi connectivity index (χ0) is 14.3. The first-order valence-electron chi connectivity index (χ1n) is 6.30. The van der Waals surface area contributed by atoms with Crippen molar-refractivity contribution in [1.29, 1.82) is 0 Å². The maximum atomic E-state index is 9.19. The Labute approximate surface area is 114 Å². The van der Waals surface area contributed by atoms with Gasteiger partial charge < -0.3 is 24.6 Å². The summed E-state index contributed by atoms with van der Waals surface area (Å²) >= 11 is 0. The van der Waals surface area contributed by atoms with Crippen molar-refractivity contribution in [2.45, 2.75) is 26.0 Å². The highest BCUT2D eigenvalue weighted by atomic mass is 16.5. The third kappa shape index (κ3) is 4.61. The quantitative estimate of drug-likeness (QED) is 0.702. The van der Waals surface area contributed by atoms with Gasteiger partial charge in [-0.3, -0.25) is 0 Å². The van der Waals surface area contributed by atoms with E-state index in [1.54, 1.807) is 28.3 Å². The Hall–Kier alpha value is -1.46. The predicted octanol–water partition coefficient (Wildman–Crippen LogP) is 1.57. The van der Waals surface area contributed by atoms with Gasteiger partial charge in [0.25, 0.3) is 0 Å². The Balaban J connectivity index is 2.73. The van der Waals surface area contributed by atoms with E-state index in [4.69, 9.17) is 14.2 Å². The highest BCUT2D eigenvalue weighted by Gasteiger charge is 2.12. The van der Waals surface area contributed by atoms with Crippen LogP contribution in [0.3, 0.4) is 0 Å². The van der Waals surface area contributed by atoms with Gasteiger partial charge in [0.2, 0.25) is 5.75 Å². The average molecular weight is 269 g/mol. The van der Waals surface area contributed by atoms with Crippen molar-refractivity contribution in [2.24, 2.45) is 0 Å². The lowest BCUT2D eigenvalue weighted by Crippen LogP contribution is -2.18. The zero-order valence-corrected chi connectivity index (χ0v) is 12.0.